The lowest BCUT2D eigenvalue weighted by Gasteiger charge is -2.21. The quantitative estimate of drug-likeness (QED) is 0.0169. The molecule has 19 heteroatoms. The first-order valence-electron chi connectivity index (χ1n) is 38.3. The fraction of sp³-hybridized carbons (Fsp3) is 0.553. The number of hydrogen-bond acceptors (Lipinski definition) is 15. The zero-order chi connectivity index (χ0) is 76.0. The van der Waals surface area contributed by atoms with Gasteiger partial charge in [-0.15, -0.1) is 0 Å². The summed E-state index contributed by atoms with van der Waals surface area (Å²) in [5.74, 6) is -2.45. The van der Waals surface area contributed by atoms with Crippen LogP contribution in [0.2, 0.25) is 0 Å². The van der Waals surface area contributed by atoms with Crippen molar-refractivity contribution < 1.29 is 80.2 Å². The van der Waals surface area contributed by atoms with Gasteiger partial charge in [-0.1, -0.05) is 266 Å². The molecule has 0 bridgehead atoms. The first kappa shape index (κ1) is 97.6. The van der Waals surface area contributed by atoms with Crippen LogP contribution < -0.4 is 0 Å². The van der Waals surface area contributed by atoms with Gasteiger partial charge in [0.15, 0.2) is 12.2 Å². The molecule has 0 spiro atoms. The number of carbonyl (C=O) groups excluding carboxylic acids is 4. The largest absolute Gasteiger partial charge is 0.472 e. The Morgan fingerprint density at radius 3 is 0.875 bits per heavy atom. The summed E-state index contributed by atoms with van der Waals surface area (Å²) in [6.07, 6.45) is 92.9. The summed E-state index contributed by atoms with van der Waals surface area (Å²) in [5.41, 5.74) is 0. The molecule has 0 amide bonds. The van der Waals surface area contributed by atoms with Crippen molar-refractivity contribution in [3.63, 3.8) is 0 Å². The standard InChI is InChI=1S/C85H132O17P2/c1-5-9-13-17-21-25-29-32-35-38-39-42-44-47-51-54-58-62-66-70-83(88)96-76-81(102-85(90)72-68-64-60-56-52-48-45-41-37-34-31-27-23-19-15-11-7-3)78-100-104(93,94)98-74-79(86)73-97-103(91,92)99-77-80(101-84(89)71-67-63-59-55-49-28-24-20-16-12-8-4)75-95-82(87)69-65-61-57-53-50-46-43-40-36-33-30-26-22-18-14-10-6-2/h9-11,13-15,20-27,32-37,39,42-43,45-48,51,53,56-58,60,62,79-81,86H,5-8,12,16-19,28-31,38,40-41,44,49-50,52,54-55,59,61,63-78H2,1-4H3,(H,91,92)(H,93,94)/b13-9-,14-10-,15-11-,24-20-,25-21-,26-22-,27-23-,35-32-,36-33-,37-34-,42-39-,46-43-,48-45-,51-47-,57-53-,60-56-,62-58-. The highest BCUT2D eigenvalue weighted by Crippen LogP contribution is 2.45. The van der Waals surface area contributed by atoms with Crippen LogP contribution in [0.25, 0.3) is 0 Å². The van der Waals surface area contributed by atoms with Gasteiger partial charge in [-0.05, 0) is 161 Å². The van der Waals surface area contributed by atoms with Crippen LogP contribution >= 0.6 is 15.6 Å². The van der Waals surface area contributed by atoms with E-state index in [2.05, 4.69) is 192 Å². The number of allylic oxidation sites excluding steroid dienone is 34. The van der Waals surface area contributed by atoms with E-state index in [-0.39, 0.29) is 25.7 Å². The highest BCUT2D eigenvalue weighted by atomic mass is 31.2. The smallest absolute Gasteiger partial charge is 0.462 e. The second-order valence-electron chi connectivity index (χ2n) is 24.4. The van der Waals surface area contributed by atoms with Crippen LogP contribution in [0.5, 0.6) is 0 Å². The van der Waals surface area contributed by atoms with Crippen molar-refractivity contribution in [2.75, 3.05) is 39.6 Å². The molecule has 0 aliphatic carbocycles. The maximum atomic E-state index is 13.1. The summed E-state index contributed by atoms with van der Waals surface area (Å²) in [5, 5.41) is 10.6. The molecule has 0 heterocycles. The highest BCUT2D eigenvalue weighted by Gasteiger charge is 2.30. The number of ether oxygens (including phenoxy) is 4. The molecule has 0 aromatic heterocycles. The first-order chi connectivity index (χ1) is 50.7. The molecule has 17 nitrogen and oxygen atoms in total. The van der Waals surface area contributed by atoms with Crippen LogP contribution in [0.3, 0.4) is 0 Å². The summed E-state index contributed by atoms with van der Waals surface area (Å²) in [7, 11) is -10.0. The average Bonchev–Trinajstić information content (AvgIpc) is 0.931. The highest BCUT2D eigenvalue weighted by molar-refractivity contribution is 7.47. The van der Waals surface area contributed by atoms with Crippen molar-refractivity contribution in [1.82, 2.24) is 0 Å². The van der Waals surface area contributed by atoms with Gasteiger partial charge in [0.05, 0.1) is 26.4 Å². The second-order valence-corrected chi connectivity index (χ2v) is 27.3. The molecule has 0 aromatic carbocycles. The second kappa shape index (κ2) is 74.9. The van der Waals surface area contributed by atoms with Gasteiger partial charge in [0.2, 0.25) is 0 Å². The summed E-state index contributed by atoms with van der Waals surface area (Å²) in [4.78, 5) is 72.8. The molecule has 5 unspecified atom stereocenters. The predicted octanol–water partition coefficient (Wildman–Crippen LogP) is 22.3. The number of unbranched alkanes of at least 4 members (excludes halogenated alkanes) is 9. The molecule has 3 N–H and O–H groups in total. The van der Waals surface area contributed by atoms with Crippen LogP contribution in [0.15, 0.2) is 207 Å². The van der Waals surface area contributed by atoms with Crippen molar-refractivity contribution in [2.45, 2.75) is 264 Å². The molecule has 0 aromatic rings. The number of carbonyl (C=O) groups is 4. The maximum absolute atomic E-state index is 13.1. The van der Waals surface area contributed by atoms with Crippen molar-refractivity contribution in [2.24, 2.45) is 0 Å². The lowest BCUT2D eigenvalue weighted by molar-refractivity contribution is -0.161. The van der Waals surface area contributed by atoms with Crippen molar-refractivity contribution in [3.8, 4) is 0 Å². The fourth-order valence-corrected chi connectivity index (χ4v) is 10.6. The van der Waals surface area contributed by atoms with E-state index < -0.39 is 97.5 Å². The van der Waals surface area contributed by atoms with Gasteiger partial charge in [-0.3, -0.25) is 37.3 Å². The van der Waals surface area contributed by atoms with Crippen LogP contribution in [-0.2, 0) is 65.4 Å². The topological polar surface area (TPSA) is 237 Å². The van der Waals surface area contributed by atoms with E-state index in [1.165, 1.54) is 6.42 Å². The monoisotopic (exact) mass is 1490 g/mol. The zero-order valence-corrected chi connectivity index (χ0v) is 65.4. The number of phosphoric ester groups is 2. The Morgan fingerprint density at radius 2 is 0.529 bits per heavy atom. The van der Waals surface area contributed by atoms with Crippen LogP contribution in [0.1, 0.15) is 246 Å². The molecule has 0 aliphatic heterocycles. The Bertz CT molecular complexity index is 2790. The summed E-state index contributed by atoms with van der Waals surface area (Å²) in [6.45, 7) is 4.21. The Kier molecular flexibility index (Phi) is 70.3. The third-order valence-electron chi connectivity index (χ3n) is 14.7. The minimum Gasteiger partial charge on any atom is -0.462 e. The van der Waals surface area contributed by atoms with Crippen LogP contribution in [0.4, 0.5) is 0 Å². The number of hydrogen-bond donors (Lipinski definition) is 3. The van der Waals surface area contributed by atoms with Gasteiger partial charge in [0.1, 0.15) is 19.3 Å². The van der Waals surface area contributed by atoms with E-state index in [1.807, 2.05) is 42.5 Å². The van der Waals surface area contributed by atoms with E-state index >= 15 is 0 Å². The minimum atomic E-state index is -5.02. The molecule has 104 heavy (non-hydrogen) atoms. The van der Waals surface area contributed by atoms with Gasteiger partial charge in [0.25, 0.3) is 0 Å². The number of aliphatic hydroxyl groups is 1. The van der Waals surface area contributed by atoms with Crippen molar-refractivity contribution in [3.05, 3.63) is 207 Å². The summed E-state index contributed by atoms with van der Waals surface area (Å²) < 4.78 is 68.2. The third kappa shape index (κ3) is 73.9. The van der Waals surface area contributed by atoms with E-state index in [9.17, 15) is 43.2 Å². The molecule has 584 valence electrons. The minimum absolute atomic E-state index is 0.00981. The Labute approximate surface area is 627 Å². The van der Waals surface area contributed by atoms with Gasteiger partial charge in [0, 0.05) is 25.7 Å². The number of aliphatic hydroxyl groups excluding tert-OH is 1. The van der Waals surface area contributed by atoms with Crippen molar-refractivity contribution >= 4 is 39.5 Å². The van der Waals surface area contributed by atoms with E-state index in [0.717, 1.165) is 141 Å². The van der Waals surface area contributed by atoms with Crippen LogP contribution in [0, 0.1) is 0 Å². The molecular formula is C85H132O17P2. The number of phosphoric acid groups is 2. The molecule has 0 saturated heterocycles. The maximum Gasteiger partial charge on any atom is 0.472 e. The van der Waals surface area contributed by atoms with E-state index in [1.54, 1.807) is 0 Å². The summed E-state index contributed by atoms with van der Waals surface area (Å²) in [6, 6.07) is 0. The Hall–Kier alpha value is -6.36. The average molecular weight is 1490 g/mol. The molecule has 5 atom stereocenters. The molecule has 0 radical (unpaired) electrons. The van der Waals surface area contributed by atoms with E-state index in [0.29, 0.717) is 44.9 Å². The Morgan fingerprint density at radius 1 is 0.279 bits per heavy atom. The summed E-state index contributed by atoms with van der Waals surface area (Å²) >= 11 is 0. The lowest BCUT2D eigenvalue weighted by atomic mass is 10.1. The van der Waals surface area contributed by atoms with Gasteiger partial charge in [-0.2, -0.15) is 0 Å². The molecule has 0 saturated carbocycles. The fourth-order valence-electron chi connectivity index (χ4n) is 9.00. The zero-order valence-electron chi connectivity index (χ0n) is 63.6. The normalized spacial score (nSPS) is 15.0. The predicted molar refractivity (Wildman–Crippen MR) is 426 cm³/mol. The van der Waals surface area contributed by atoms with Crippen LogP contribution in [-0.4, -0.2) is 96.7 Å². The first-order valence-corrected chi connectivity index (χ1v) is 41.3. The molecule has 0 fully saturated rings. The van der Waals surface area contributed by atoms with Crippen molar-refractivity contribution in [1.29, 1.82) is 0 Å². The lowest BCUT2D eigenvalue weighted by Crippen LogP contribution is -2.30. The third-order valence-corrected chi connectivity index (χ3v) is 16.6. The molecule has 0 aliphatic rings. The molecule has 0 rings (SSSR count). The number of esters is 4. The van der Waals surface area contributed by atoms with Gasteiger partial charge in [-0.25, -0.2) is 9.13 Å². The molecular weight excluding hydrogens is 1350 g/mol. The Balaban J connectivity index is 5.53. The number of rotatable bonds is 69. The van der Waals surface area contributed by atoms with Gasteiger partial charge < -0.3 is 33.8 Å². The van der Waals surface area contributed by atoms with E-state index in [4.69, 9.17) is 37.0 Å². The SMILES string of the molecule is CC/C=C\C/C=C\C/C=C\C/C=C\C/C=C\C/C=C\CCC(=O)OCC(COP(=O)(O)OCC(O)COP(=O)(O)OCC(COC(=O)CCC/C=C\C/C=C\C/C=C\C/C=C\C/C=C\CC)OC(=O)CCCCCCC/C=C\CCCC)OC(=O)CCC/C=C\C/C=C\C/C=C\C/C=C\C/C=C\CC. The van der Waals surface area contributed by atoms with Gasteiger partial charge >= 0.3 is 39.5 Å².